The lowest BCUT2D eigenvalue weighted by molar-refractivity contribution is -0.189. The number of aromatic hydroxyl groups is 1. The Kier molecular flexibility index (Phi) is 8.56. The first-order chi connectivity index (χ1) is 21.8. The van der Waals surface area contributed by atoms with E-state index in [2.05, 4.69) is 16.2 Å². The number of hydrazine groups is 1. The van der Waals surface area contributed by atoms with Gasteiger partial charge >= 0.3 is 6.03 Å². The standard InChI is InChI=1S/C34H31ClN6O4/c1-2-17-39-22-31(43)40-29(18-23-11-13-26(42)14-12-23)33(44)38(20-25-9-6-10-27-28(35)15-16-36-32(25)27)21-30(40)41(39)34(45)37-19-24-7-4-3-5-8-24/h1,3-16,29-30,42H,17-22H2,(H,37,45)/t29-,30-/m0/s1. The van der Waals surface area contributed by atoms with E-state index in [4.69, 9.17) is 18.0 Å². The number of para-hydroxylation sites is 1. The largest absolute Gasteiger partial charge is 0.508 e. The van der Waals surface area contributed by atoms with Crippen molar-refractivity contribution >= 4 is 40.3 Å². The monoisotopic (exact) mass is 622 g/mol. The van der Waals surface area contributed by atoms with Crippen LogP contribution in [0.1, 0.15) is 16.7 Å². The second-order valence-corrected chi connectivity index (χ2v) is 11.4. The molecule has 6 rings (SSSR count). The molecule has 0 unspecified atom stereocenters. The third-order valence-electron chi connectivity index (χ3n) is 8.13. The van der Waals surface area contributed by atoms with E-state index in [1.165, 1.54) is 9.91 Å². The lowest BCUT2D eigenvalue weighted by Gasteiger charge is -2.55. The van der Waals surface area contributed by atoms with Crippen LogP contribution in [-0.2, 0) is 29.1 Å². The quantitative estimate of drug-likeness (QED) is 0.304. The summed E-state index contributed by atoms with van der Waals surface area (Å²) in [5, 5.41) is 17.1. The highest BCUT2D eigenvalue weighted by Gasteiger charge is 2.51. The fourth-order valence-corrected chi connectivity index (χ4v) is 6.23. The maximum Gasteiger partial charge on any atom is 0.334 e. The molecule has 3 aromatic carbocycles. The van der Waals surface area contributed by atoms with E-state index in [-0.39, 0.29) is 56.7 Å². The third-order valence-corrected chi connectivity index (χ3v) is 8.46. The molecule has 0 spiro atoms. The van der Waals surface area contributed by atoms with Gasteiger partial charge in [0.1, 0.15) is 18.0 Å². The van der Waals surface area contributed by atoms with Crippen LogP contribution < -0.4 is 5.32 Å². The summed E-state index contributed by atoms with van der Waals surface area (Å²) in [5.74, 6) is 2.09. The number of piperazine rings is 1. The maximum absolute atomic E-state index is 14.3. The van der Waals surface area contributed by atoms with Crippen LogP contribution >= 0.6 is 11.6 Å². The molecule has 3 heterocycles. The Hall–Kier alpha value is -5.11. The van der Waals surface area contributed by atoms with Crippen molar-refractivity contribution in [3.05, 3.63) is 107 Å². The van der Waals surface area contributed by atoms with Crippen LogP contribution in [-0.4, -0.2) is 79.6 Å². The Morgan fingerprint density at radius 2 is 1.80 bits per heavy atom. The molecule has 0 aliphatic carbocycles. The maximum atomic E-state index is 14.3. The van der Waals surface area contributed by atoms with Crippen molar-refractivity contribution in [3.8, 4) is 18.1 Å². The smallest absolute Gasteiger partial charge is 0.334 e. The molecule has 2 N–H and O–H groups in total. The van der Waals surface area contributed by atoms with Crippen LogP contribution in [0.5, 0.6) is 5.75 Å². The Labute approximate surface area is 265 Å². The number of phenols is 1. The first-order valence-corrected chi connectivity index (χ1v) is 14.9. The number of terminal acetylenes is 1. The second kappa shape index (κ2) is 12.9. The predicted molar refractivity (Wildman–Crippen MR) is 169 cm³/mol. The summed E-state index contributed by atoms with van der Waals surface area (Å²) in [4.78, 5) is 49.6. The summed E-state index contributed by atoms with van der Waals surface area (Å²) >= 11 is 6.45. The number of urea groups is 1. The molecule has 10 nitrogen and oxygen atoms in total. The van der Waals surface area contributed by atoms with Gasteiger partial charge in [-0.25, -0.2) is 9.80 Å². The van der Waals surface area contributed by atoms with Crippen LogP contribution in [0.4, 0.5) is 4.79 Å². The number of phenolic OH excluding ortho intramolecular Hbond substituents is 1. The summed E-state index contributed by atoms with van der Waals surface area (Å²) in [6, 6.07) is 22.0. The molecule has 2 fully saturated rings. The number of rotatable bonds is 7. The van der Waals surface area contributed by atoms with Crippen LogP contribution in [0.25, 0.3) is 10.9 Å². The van der Waals surface area contributed by atoms with Crippen LogP contribution in [0.15, 0.2) is 85.1 Å². The highest BCUT2D eigenvalue weighted by atomic mass is 35.5. The molecule has 2 atom stereocenters. The Bertz CT molecular complexity index is 1780. The number of nitrogens with zero attached hydrogens (tertiary/aromatic N) is 5. The minimum atomic E-state index is -0.912. The van der Waals surface area contributed by atoms with E-state index in [0.717, 1.165) is 22.1 Å². The first kappa shape index (κ1) is 29.9. The van der Waals surface area contributed by atoms with Gasteiger partial charge in [0, 0.05) is 31.1 Å². The van der Waals surface area contributed by atoms with Crippen LogP contribution in [0.2, 0.25) is 5.02 Å². The second-order valence-electron chi connectivity index (χ2n) is 11.0. The van der Waals surface area contributed by atoms with Crippen molar-refractivity contribution in [1.82, 2.24) is 30.1 Å². The van der Waals surface area contributed by atoms with E-state index in [1.807, 2.05) is 48.5 Å². The number of nitrogens with one attached hydrogen (secondary N) is 1. The van der Waals surface area contributed by atoms with Crippen molar-refractivity contribution < 1.29 is 19.5 Å². The molecule has 4 amide bonds. The van der Waals surface area contributed by atoms with Crippen LogP contribution in [0.3, 0.4) is 0 Å². The SMILES string of the molecule is C#CCN1CC(=O)N2[C@@H](Cc3ccc(O)cc3)C(=O)N(Cc3cccc4c(Cl)ccnc34)C[C@@H]2N1C(=O)NCc1ccccc1. The van der Waals surface area contributed by atoms with E-state index in [9.17, 15) is 19.5 Å². The first-order valence-electron chi connectivity index (χ1n) is 14.5. The van der Waals surface area contributed by atoms with Gasteiger partial charge in [0.15, 0.2) is 0 Å². The number of hydrogen-bond acceptors (Lipinski definition) is 6. The van der Waals surface area contributed by atoms with E-state index >= 15 is 0 Å². The molecule has 2 aliphatic rings. The molecule has 2 saturated heterocycles. The minimum absolute atomic E-state index is 0.0250. The van der Waals surface area contributed by atoms with Crippen molar-refractivity contribution in [2.75, 3.05) is 19.6 Å². The van der Waals surface area contributed by atoms with Gasteiger partial charge in [-0.15, -0.1) is 6.42 Å². The fourth-order valence-electron chi connectivity index (χ4n) is 6.03. The molecular weight excluding hydrogens is 592 g/mol. The molecular formula is C34H31ClN6O4. The molecule has 228 valence electrons. The van der Waals surface area contributed by atoms with Gasteiger partial charge in [-0.2, -0.15) is 5.01 Å². The summed E-state index contributed by atoms with van der Waals surface area (Å²) in [6.07, 6.45) is 6.66. The molecule has 0 bridgehead atoms. The number of halogens is 1. The highest BCUT2D eigenvalue weighted by Crippen LogP contribution is 2.31. The van der Waals surface area contributed by atoms with Gasteiger partial charge in [0.25, 0.3) is 0 Å². The summed E-state index contributed by atoms with van der Waals surface area (Å²) in [7, 11) is 0. The summed E-state index contributed by atoms with van der Waals surface area (Å²) in [5.41, 5.74) is 3.11. The third kappa shape index (κ3) is 6.13. The predicted octanol–water partition coefficient (Wildman–Crippen LogP) is 3.78. The number of carbonyl (C=O) groups excluding carboxylic acids is 3. The zero-order chi connectivity index (χ0) is 31.5. The van der Waals surface area contributed by atoms with Crippen molar-refractivity contribution in [3.63, 3.8) is 0 Å². The Morgan fingerprint density at radius 3 is 2.56 bits per heavy atom. The van der Waals surface area contributed by atoms with E-state index in [1.54, 1.807) is 46.4 Å². The van der Waals surface area contributed by atoms with Gasteiger partial charge < -0.3 is 20.2 Å². The van der Waals surface area contributed by atoms with Crippen molar-refractivity contribution in [1.29, 1.82) is 0 Å². The molecule has 0 saturated carbocycles. The molecule has 2 aliphatic heterocycles. The molecule has 11 heteroatoms. The van der Waals surface area contributed by atoms with Crippen molar-refractivity contribution in [2.24, 2.45) is 0 Å². The number of aromatic nitrogens is 1. The van der Waals surface area contributed by atoms with Crippen molar-refractivity contribution in [2.45, 2.75) is 31.7 Å². The summed E-state index contributed by atoms with van der Waals surface area (Å²) < 4.78 is 0. The number of amides is 4. The zero-order valence-corrected chi connectivity index (χ0v) is 25.1. The van der Waals surface area contributed by atoms with Gasteiger partial charge in [-0.3, -0.25) is 14.6 Å². The lowest BCUT2D eigenvalue weighted by Crippen LogP contribution is -2.76. The van der Waals surface area contributed by atoms with E-state index in [0.29, 0.717) is 10.5 Å². The lowest BCUT2D eigenvalue weighted by atomic mass is 9.98. The number of carbonyl (C=O) groups is 3. The Balaban J connectivity index is 1.38. The molecule has 45 heavy (non-hydrogen) atoms. The van der Waals surface area contributed by atoms with Gasteiger partial charge in [0.05, 0.1) is 30.2 Å². The average molecular weight is 623 g/mol. The molecule has 0 radical (unpaired) electrons. The zero-order valence-electron chi connectivity index (χ0n) is 24.3. The number of pyridine rings is 1. The molecule has 4 aromatic rings. The molecule has 1 aromatic heterocycles. The van der Waals surface area contributed by atoms with Gasteiger partial charge in [0.2, 0.25) is 11.8 Å². The van der Waals surface area contributed by atoms with Gasteiger partial charge in [-0.1, -0.05) is 78.2 Å². The normalized spacial score (nSPS) is 18.5. The Morgan fingerprint density at radius 1 is 1.02 bits per heavy atom. The van der Waals surface area contributed by atoms with E-state index < -0.39 is 18.2 Å². The number of hydrogen-bond donors (Lipinski definition) is 2. The van der Waals surface area contributed by atoms with Gasteiger partial charge in [-0.05, 0) is 34.9 Å². The minimum Gasteiger partial charge on any atom is -0.508 e. The number of benzene rings is 3. The summed E-state index contributed by atoms with van der Waals surface area (Å²) in [6.45, 7) is 0.362. The number of fused-ring (bicyclic) bond motifs is 2. The highest BCUT2D eigenvalue weighted by molar-refractivity contribution is 6.35. The fraction of sp³-hybridized carbons (Fsp3) is 0.235. The topological polar surface area (TPSA) is 109 Å². The average Bonchev–Trinajstić information content (AvgIpc) is 3.04. The van der Waals surface area contributed by atoms with Crippen LogP contribution in [0, 0.1) is 12.3 Å².